The van der Waals surface area contributed by atoms with Gasteiger partial charge in [0.1, 0.15) is 18.0 Å². The van der Waals surface area contributed by atoms with Crippen LogP contribution in [0.15, 0.2) is 34.9 Å². The highest BCUT2D eigenvalue weighted by molar-refractivity contribution is 5.90. The summed E-state index contributed by atoms with van der Waals surface area (Å²) in [6.07, 6.45) is 1.55. The van der Waals surface area contributed by atoms with Crippen molar-refractivity contribution < 1.29 is 23.5 Å². The van der Waals surface area contributed by atoms with Crippen LogP contribution < -0.4 is 0 Å². The molecule has 23 heavy (non-hydrogen) atoms. The van der Waals surface area contributed by atoms with Crippen LogP contribution in [-0.2, 0) is 20.8 Å². The highest BCUT2D eigenvalue weighted by Gasteiger charge is 2.23. The SMILES string of the molecule is COC(=O)c1ccc(-c2ccco2)n1CC(=O)N1CCOCC1. The van der Waals surface area contributed by atoms with Gasteiger partial charge >= 0.3 is 5.97 Å². The maximum Gasteiger partial charge on any atom is 0.354 e. The van der Waals surface area contributed by atoms with Crippen LogP contribution in [0.4, 0.5) is 0 Å². The maximum atomic E-state index is 12.5. The van der Waals surface area contributed by atoms with Crippen LogP contribution in [0, 0.1) is 0 Å². The minimum Gasteiger partial charge on any atom is -0.464 e. The van der Waals surface area contributed by atoms with E-state index in [0.717, 1.165) is 0 Å². The Morgan fingerprint density at radius 1 is 1.22 bits per heavy atom. The van der Waals surface area contributed by atoms with Crippen LogP contribution in [0.1, 0.15) is 10.5 Å². The number of esters is 1. The zero-order chi connectivity index (χ0) is 16.2. The molecule has 0 unspecified atom stereocenters. The summed E-state index contributed by atoms with van der Waals surface area (Å²) in [5.74, 6) is 0.0370. The molecule has 3 heterocycles. The lowest BCUT2D eigenvalue weighted by atomic mass is 10.3. The summed E-state index contributed by atoms with van der Waals surface area (Å²) in [7, 11) is 1.32. The van der Waals surface area contributed by atoms with Gasteiger partial charge < -0.3 is 23.4 Å². The monoisotopic (exact) mass is 318 g/mol. The third kappa shape index (κ3) is 3.14. The van der Waals surface area contributed by atoms with Crippen LogP contribution in [0.3, 0.4) is 0 Å². The van der Waals surface area contributed by atoms with Gasteiger partial charge in [0.2, 0.25) is 5.91 Å². The van der Waals surface area contributed by atoms with Crippen molar-refractivity contribution in [1.82, 2.24) is 9.47 Å². The summed E-state index contributed by atoms with van der Waals surface area (Å²) in [6, 6.07) is 6.92. The lowest BCUT2D eigenvalue weighted by molar-refractivity contribution is -0.135. The molecule has 0 atom stereocenters. The van der Waals surface area contributed by atoms with Gasteiger partial charge in [0.15, 0.2) is 0 Å². The zero-order valence-electron chi connectivity index (χ0n) is 12.9. The highest BCUT2D eigenvalue weighted by atomic mass is 16.5. The average Bonchev–Trinajstić information content (AvgIpc) is 3.24. The standard InChI is InChI=1S/C16H18N2O5/c1-21-16(20)13-5-4-12(14-3-2-8-23-14)18(13)11-15(19)17-6-9-22-10-7-17/h2-5,8H,6-7,9-11H2,1H3. The van der Waals surface area contributed by atoms with Crippen LogP contribution in [0.2, 0.25) is 0 Å². The van der Waals surface area contributed by atoms with Crippen molar-refractivity contribution in [3.63, 3.8) is 0 Å². The van der Waals surface area contributed by atoms with Gasteiger partial charge in [-0.2, -0.15) is 0 Å². The van der Waals surface area contributed by atoms with Crippen LogP contribution >= 0.6 is 0 Å². The summed E-state index contributed by atoms with van der Waals surface area (Å²) in [5.41, 5.74) is 0.984. The number of morpholine rings is 1. The molecule has 122 valence electrons. The molecule has 1 aliphatic heterocycles. The van der Waals surface area contributed by atoms with Gasteiger partial charge in [-0.05, 0) is 24.3 Å². The number of rotatable bonds is 4. The predicted octanol–water partition coefficient (Wildman–Crippen LogP) is 1.39. The molecule has 0 spiro atoms. The molecule has 7 heteroatoms. The summed E-state index contributed by atoms with van der Waals surface area (Å²) in [5, 5.41) is 0. The van der Waals surface area contributed by atoms with Crippen molar-refractivity contribution in [3.05, 3.63) is 36.2 Å². The van der Waals surface area contributed by atoms with E-state index in [0.29, 0.717) is 43.5 Å². The number of amides is 1. The summed E-state index contributed by atoms with van der Waals surface area (Å²) >= 11 is 0. The van der Waals surface area contributed by atoms with E-state index in [2.05, 4.69) is 0 Å². The highest BCUT2D eigenvalue weighted by Crippen LogP contribution is 2.24. The maximum absolute atomic E-state index is 12.5. The van der Waals surface area contributed by atoms with Crippen molar-refractivity contribution >= 4 is 11.9 Å². The molecule has 1 aliphatic rings. The molecule has 2 aromatic heterocycles. The van der Waals surface area contributed by atoms with Crippen LogP contribution in [0.25, 0.3) is 11.5 Å². The van der Waals surface area contributed by atoms with E-state index in [1.54, 1.807) is 40.0 Å². The van der Waals surface area contributed by atoms with Gasteiger partial charge in [-0.25, -0.2) is 4.79 Å². The Morgan fingerprint density at radius 3 is 2.65 bits per heavy atom. The molecule has 7 nitrogen and oxygen atoms in total. The Balaban J connectivity index is 1.90. The number of carbonyl (C=O) groups is 2. The fourth-order valence-electron chi connectivity index (χ4n) is 2.61. The number of aromatic nitrogens is 1. The quantitative estimate of drug-likeness (QED) is 0.797. The molecular formula is C16H18N2O5. The minimum absolute atomic E-state index is 0.0491. The number of nitrogens with zero attached hydrogens (tertiary/aromatic N) is 2. The molecule has 2 aromatic rings. The van der Waals surface area contributed by atoms with E-state index in [9.17, 15) is 9.59 Å². The molecular weight excluding hydrogens is 300 g/mol. The third-order valence-corrected chi connectivity index (χ3v) is 3.81. The summed E-state index contributed by atoms with van der Waals surface area (Å²) < 4.78 is 17.1. The lowest BCUT2D eigenvalue weighted by Crippen LogP contribution is -2.42. The van der Waals surface area contributed by atoms with Crippen molar-refractivity contribution in [2.45, 2.75) is 6.54 Å². The third-order valence-electron chi connectivity index (χ3n) is 3.81. The molecule has 1 fully saturated rings. The van der Waals surface area contributed by atoms with Crippen LogP contribution in [0.5, 0.6) is 0 Å². The van der Waals surface area contributed by atoms with Crippen LogP contribution in [-0.4, -0.2) is 54.8 Å². The lowest BCUT2D eigenvalue weighted by Gasteiger charge is -2.27. The van der Waals surface area contributed by atoms with E-state index in [1.807, 2.05) is 0 Å². The molecule has 0 N–H and O–H groups in total. The van der Waals surface area contributed by atoms with E-state index < -0.39 is 5.97 Å². The number of ether oxygens (including phenoxy) is 2. The first-order valence-electron chi connectivity index (χ1n) is 7.38. The summed E-state index contributed by atoms with van der Waals surface area (Å²) in [4.78, 5) is 26.2. The fraction of sp³-hybridized carbons (Fsp3) is 0.375. The Labute approximate surface area is 133 Å². The van der Waals surface area contributed by atoms with Crippen molar-refractivity contribution in [2.75, 3.05) is 33.4 Å². The van der Waals surface area contributed by atoms with Gasteiger partial charge in [0, 0.05) is 13.1 Å². The first kappa shape index (κ1) is 15.4. The molecule has 3 rings (SSSR count). The average molecular weight is 318 g/mol. The topological polar surface area (TPSA) is 73.9 Å². The van der Waals surface area contributed by atoms with Gasteiger partial charge in [-0.3, -0.25) is 4.79 Å². The Kier molecular flexibility index (Phi) is 4.47. The number of carbonyl (C=O) groups excluding carboxylic acids is 2. The first-order valence-corrected chi connectivity index (χ1v) is 7.38. The zero-order valence-corrected chi connectivity index (χ0v) is 12.9. The van der Waals surface area contributed by atoms with E-state index in [-0.39, 0.29) is 12.5 Å². The van der Waals surface area contributed by atoms with Crippen molar-refractivity contribution in [1.29, 1.82) is 0 Å². The Hall–Kier alpha value is -2.54. The van der Waals surface area contributed by atoms with Crippen molar-refractivity contribution in [3.8, 4) is 11.5 Å². The minimum atomic E-state index is -0.488. The molecule has 1 amide bonds. The Morgan fingerprint density at radius 2 is 2.00 bits per heavy atom. The molecule has 0 aliphatic carbocycles. The number of hydrogen-bond acceptors (Lipinski definition) is 5. The second-order valence-corrected chi connectivity index (χ2v) is 5.15. The second kappa shape index (κ2) is 6.70. The normalized spacial score (nSPS) is 14.7. The van der Waals surface area contributed by atoms with Gasteiger partial charge in [-0.15, -0.1) is 0 Å². The van der Waals surface area contributed by atoms with Gasteiger partial charge in [-0.1, -0.05) is 0 Å². The molecule has 0 aromatic carbocycles. The van der Waals surface area contributed by atoms with E-state index in [4.69, 9.17) is 13.9 Å². The molecule has 1 saturated heterocycles. The molecule has 0 bridgehead atoms. The van der Waals surface area contributed by atoms with E-state index in [1.165, 1.54) is 7.11 Å². The number of furan rings is 1. The number of hydrogen-bond donors (Lipinski definition) is 0. The van der Waals surface area contributed by atoms with Gasteiger partial charge in [0.05, 0.1) is 32.3 Å². The predicted molar refractivity (Wildman–Crippen MR) is 80.9 cm³/mol. The molecule has 0 saturated carbocycles. The van der Waals surface area contributed by atoms with E-state index >= 15 is 0 Å². The Bertz CT molecular complexity index is 683. The fourth-order valence-corrected chi connectivity index (χ4v) is 2.61. The van der Waals surface area contributed by atoms with Crippen molar-refractivity contribution in [2.24, 2.45) is 0 Å². The molecule has 0 radical (unpaired) electrons. The first-order chi connectivity index (χ1) is 11.2. The summed E-state index contributed by atoms with van der Waals surface area (Å²) in [6.45, 7) is 2.24. The smallest absolute Gasteiger partial charge is 0.354 e. The van der Waals surface area contributed by atoms with Gasteiger partial charge in [0.25, 0.3) is 0 Å². The number of methoxy groups -OCH3 is 1. The second-order valence-electron chi connectivity index (χ2n) is 5.15. The largest absolute Gasteiger partial charge is 0.464 e.